The van der Waals surface area contributed by atoms with Gasteiger partial charge in [0.15, 0.2) is 0 Å². The van der Waals surface area contributed by atoms with Crippen molar-refractivity contribution in [3.05, 3.63) is 0 Å². The van der Waals surface area contributed by atoms with E-state index in [1.165, 1.54) is 0 Å². The Kier molecular flexibility index (Phi) is 2.44. The van der Waals surface area contributed by atoms with Crippen LogP contribution in [0.1, 0.15) is 0 Å². The van der Waals surface area contributed by atoms with Crippen molar-refractivity contribution >= 4 is 42.2 Å². The molecule has 38 valence electrons. The van der Waals surface area contributed by atoms with E-state index in [0.29, 0.717) is 0 Å². The van der Waals surface area contributed by atoms with Crippen LogP contribution >= 0.6 is 42.2 Å². The van der Waals surface area contributed by atoms with Crippen molar-refractivity contribution in [1.82, 2.24) is 0 Å². The van der Waals surface area contributed by atoms with Gasteiger partial charge in [0.1, 0.15) is 0 Å². The summed E-state index contributed by atoms with van der Waals surface area (Å²) >= 11 is 0. The van der Waals surface area contributed by atoms with Gasteiger partial charge in [0.25, 0.3) is 0 Å². The standard InChI is InChI=1S/Fe.4S/q-6;;;;. The first-order valence-corrected chi connectivity index (χ1v) is 7.14. The Balaban J connectivity index is 6.05. The van der Waals surface area contributed by atoms with Gasteiger partial charge in [0.05, 0.1) is 0 Å². The number of hydrogen-bond acceptors (Lipinski definition) is 4. The van der Waals surface area contributed by atoms with Crippen LogP contribution in [0.15, 0.2) is 0 Å². The molecule has 5 heavy (non-hydrogen) atoms. The molecule has 0 aliphatic heterocycles. The van der Waals surface area contributed by atoms with E-state index in [1.807, 2.05) is 0 Å². The molecule has 0 saturated heterocycles. The van der Waals surface area contributed by atoms with Gasteiger partial charge < -0.3 is 0 Å². The van der Waals surface area contributed by atoms with Crippen LogP contribution in [0.4, 0.5) is 0 Å². The topological polar surface area (TPSA) is 0 Å². The third-order valence-electron chi connectivity index (χ3n) is 0. The molecule has 0 aliphatic carbocycles. The zero-order chi connectivity index (χ0) is 4.50. The Morgan fingerprint density at radius 2 is 0.800 bits per heavy atom. The molecule has 0 rings (SSSR count). The SMILES string of the molecule is [S]=[Fe-6](=[S])(=[S])=[S]. The average Bonchev–Trinajstić information content (AvgIpc) is 0.722. The van der Waals surface area contributed by atoms with Gasteiger partial charge in [-0.25, -0.2) is 0 Å². The second kappa shape index (κ2) is 1.91. The second-order valence-corrected chi connectivity index (χ2v) is 13.1. The van der Waals surface area contributed by atoms with E-state index in [0.717, 1.165) is 0 Å². The Bertz CT molecular complexity index is 155. The molecule has 5 heteroatoms. The quantitative estimate of drug-likeness (QED) is 0.530. The first-order valence-electron chi connectivity index (χ1n) is 0.577. The van der Waals surface area contributed by atoms with E-state index in [-0.39, 0.29) is 0 Å². The fourth-order valence-electron chi connectivity index (χ4n) is 0. The Morgan fingerprint density at radius 3 is 0.800 bits per heavy atom. The van der Waals surface area contributed by atoms with E-state index >= 15 is 0 Å². The first-order chi connectivity index (χ1) is 2.00. The van der Waals surface area contributed by atoms with Crippen LogP contribution in [0.2, 0.25) is 0 Å². The molecule has 0 atom stereocenters. The molecule has 0 spiro atoms. The van der Waals surface area contributed by atoms with Crippen molar-refractivity contribution in [2.75, 3.05) is 0 Å². The number of hydrogen-bond donors (Lipinski definition) is 0. The van der Waals surface area contributed by atoms with Gasteiger partial charge >= 0.3 is 48.5 Å². The summed E-state index contributed by atoms with van der Waals surface area (Å²) in [4.78, 5) is 0. The Morgan fingerprint density at radius 1 is 0.800 bits per heavy atom. The molecule has 0 radical (unpaired) electrons. The van der Waals surface area contributed by atoms with Gasteiger partial charge in [-0.05, 0) is 0 Å². The summed E-state index contributed by atoms with van der Waals surface area (Å²) in [6.07, 6.45) is -2.17. The second-order valence-electron chi connectivity index (χ2n) is 0.354. The van der Waals surface area contributed by atoms with E-state index in [1.54, 1.807) is 0 Å². The fraction of sp³-hybridized carbons (Fsp3) is 0. The predicted octanol–water partition coefficient (Wildman–Crippen LogP) is 2.59. The maximum atomic E-state index is 4.40. The molecule has 0 unspecified atom stereocenters. The van der Waals surface area contributed by atoms with Crippen LogP contribution < -0.4 is 0 Å². The number of rotatable bonds is 0. The van der Waals surface area contributed by atoms with E-state index in [2.05, 4.69) is 42.2 Å². The van der Waals surface area contributed by atoms with E-state index in [9.17, 15) is 0 Å². The van der Waals surface area contributed by atoms with Crippen LogP contribution in [0.3, 0.4) is 0 Å². The molecule has 0 aromatic carbocycles. The molecule has 0 N–H and O–H groups in total. The summed E-state index contributed by atoms with van der Waals surface area (Å²) in [7, 11) is 17.6. The van der Waals surface area contributed by atoms with Crippen molar-refractivity contribution in [2.45, 2.75) is 0 Å². The van der Waals surface area contributed by atoms with E-state index in [4.69, 9.17) is 0 Å². The van der Waals surface area contributed by atoms with Gasteiger partial charge in [0.2, 0.25) is 0 Å². The third kappa shape index (κ3) is 31.9. The van der Waals surface area contributed by atoms with Gasteiger partial charge in [-0.2, -0.15) is 0 Å². The van der Waals surface area contributed by atoms with Crippen molar-refractivity contribution in [2.24, 2.45) is 0 Å². The minimum atomic E-state index is -2.17. The fourth-order valence-corrected chi connectivity index (χ4v) is 0. The van der Waals surface area contributed by atoms with Crippen molar-refractivity contribution < 1.29 is 6.33 Å². The molecular formula is FeS4-6. The summed E-state index contributed by atoms with van der Waals surface area (Å²) in [5, 5.41) is 0. The molecule has 0 aliphatic rings. The molecule has 0 nitrogen and oxygen atoms in total. The zero-order valence-corrected chi connectivity index (χ0v) is 6.36. The van der Waals surface area contributed by atoms with Gasteiger partial charge in [0, 0.05) is 0 Å². The van der Waals surface area contributed by atoms with E-state index < -0.39 is 6.33 Å². The summed E-state index contributed by atoms with van der Waals surface area (Å²) in [5.41, 5.74) is 0. The van der Waals surface area contributed by atoms with Crippen LogP contribution in [-0.2, 0) is 6.33 Å². The van der Waals surface area contributed by atoms with Crippen LogP contribution in [0.25, 0.3) is 0 Å². The molecule has 0 fully saturated rings. The van der Waals surface area contributed by atoms with Crippen LogP contribution in [-0.4, -0.2) is 0 Å². The summed E-state index contributed by atoms with van der Waals surface area (Å²) in [6, 6.07) is 0. The molecule has 0 saturated carbocycles. The normalized spacial score (nSPS) is 14.4. The summed E-state index contributed by atoms with van der Waals surface area (Å²) in [5.74, 6) is 0. The van der Waals surface area contributed by atoms with Crippen LogP contribution in [0.5, 0.6) is 0 Å². The Labute approximate surface area is 48.2 Å². The Hall–Kier alpha value is 1.40. The molecule has 0 aromatic heterocycles. The summed E-state index contributed by atoms with van der Waals surface area (Å²) in [6.45, 7) is 0. The molecule has 0 heterocycles. The predicted molar refractivity (Wildman–Crippen MR) is 30.4 cm³/mol. The average molecular weight is 184 g/mol. The monoisotopic (exact) mass is 184 g/mol. The van der Waals surface area contributed by atoms with Gasteiger partial charge in [-0.1, -0.05) is 0 Å². The van der Waals surface area contributed by atoms with Gasteiger partial charge in [-0.3, -0.25) is 0 Å². The summed E-state index contributed by atoms with van der Waals surface area (Å²) < 4.78 is 0. The first kappa shape index (κ1) is 6.40. The molecular weight excluding hydrogens is 184 g/mol. The maximum absolute atomic E-state index is 4.40. The van der Waals surface area contributed by atoms with Crippen molar-refractivity contribution in [3.63, 3.8) is 0 Å². The molecule has 0 aromatic rings. The van der Waals surface area contributed by atoms with Gasteiger partial charge in [-0.15, -0.1) is 0 Å². The molecule has 0 bridgehead atoms. The van der Waals surface area contributed by atoms with Crippen molar-refractivity contribution in [1.29, 1.82) is 0 Å². The zero-order valence-electron chi connectivity index (χ0n) is 1.99. The van der Waals surface area contributed by atoms with Crippen LogP contribution in [0, 0.1) is 0 Å². The molecule has 0 amide bonds. The van der Waals surface area contributed by atoms with Crippen molar-refractivity contribution in [3.8, 4) is 0 Å². The third-order valence-corrected chi connectivity index (χ3v) is 0. The minimum absolute atomic E-state index is 2.17.